The molecule has 2 aromatic rings. The van der Waals surface area contributed by atoms with E-state index in [1.54, 1.807) is 0 Å². The van der Waals surface area contributed by atoms with E-state index in [0.29, 0.717) is 6.61 Å². The van der Waals surface area contributed by atoms with Gasteiger partial charge in [-0.15, -0.1) is 0 Å². The molecule has 138 valence electrons. The predicted octanol–water partition coefficient (Wildman–Crippen LogP) is 4.59. The quantitative estimate of drug-likeness (QED) is 0.806. The molecule has 0 bridgehead atoms. The Hall–Kier alpha value is -2.04. The molecule has 1 fully saturated rings. The number of carbonyl (C=O) groups is 1. The maximum Gasteiger partial charge on any atom is 0.228 e. The first-order valence-electron chi connectivity index (χ1n) is 9.14. The minimum Gasteiger partial charge on any atom is -0.494 e. The number of hydrogen-bond donors (Lipinski definition) is 1. The first-order chi connectivity index (χ1) is 12.6. The number of piperidine rings is 1. The van der Waals surface area contributed by atoms with Crippen LogP contribution >= 0.6 is 11.6 Å². The second-order valence-electron chi connectivity index (χ2n) is 6.65. The van der Waals surface area contributed by atoms with Gasteiger partial charge in [0.15, 0.2) is 0 Å². The fourth-order valence-corrected chi connectivity index (χ4v) is 3.43. The van der Waals surface area contributed by atoms with Crippen molar-refractivity contribution in [2.24, 2.45) is 5.92 Å². The number of halogens is 1. The molecule has 0 aliphatic carbocycles. The van der Waals surface area contributed by atoms with Crippen molar-refractivity contribution in [3.63, 3.8) is 0 Å². The van der Waals surface area contributed by atoms with Gasteiger partial charge in [0.25, 0.3) is 0 Å². The van der Waals surface area contributed by atoms with Crippen LogP contribution in [0, 0.1) is 5.92 Å². The van der Waals surface area contributed by atoms with Crippen molar-refractivity contribution in [3.8, 4) is 5.75 Å². The van der Waals surface area contributed by atoms with E-state index >= 15 is 0 Å². The number of hydrogen-bond acceptors (Lipinski definition) is 3. The molecule has 3 rings (SSSR count). The number of amides is 1. The maximum atomic E-state index is 12.6. The Morgan fingerprint density at radius 3 is 2.62 bits per heavy atom. The van der Waals surface area contributed by atoms with Crippen LogP contribution in [0.1, 0.15) is 25.3 Å². The Kier molecular flexibility index (Phi) is 6.53. The molecule has 0 unspecified atom stereocenters. The topological polar surface area (TPSA) is 41.6 Å². The largest absolute Gasteiger partial charge is 0.494 e. The smallest absolute Gasteiger partial charge is 0.228 e. The zero-order chi connectivity index (χ0) is 18.4. The fraction of sp³-hybridized carbons (Fsp3) is 0.381. The lowest BCUT2D eigenvalue weighted by Crippen LogP contribution is -2.40. The van der Waals surface area contributed by atoms with Crippen LogP contribution in [-0.2, 0) is 11.3 Å². The van der Waals surface area contributed by atoms with Crippen molar-refractivity contribution in [1.82, 2.24) is 4.90 Å². The van der Waals surface area contributed by atoms with Crippen molar-refractivity contribution in [2.45, 2.75) is 26.3 Å². The summed E-state index contributed by atoms with van der Waals surface area (Å²) in [6.07, 6.45) is 1.97. The summed E-state index contributed by atoms with van der Waals surface area (Å²) in [5.74, 6) is 0.926. The van der Waals surface area contributed by atoms with Gasteiger partial charge >= 0.3 is 0 Å². The summed E-state index contributed by atoms with van der Waals surface area (Å²) in [6, 6.07) is 15.5. The number of rotatable bonds is 6. The van der Waals surface area contributed by atoms with Gasteiger partial charge in [-0.25, -0.2) is 0 Å². The van der Waals surface area contributed by atoms with E-state index < -0.39 is 0 Å². The molecule has 4 nitrogen and oxygen atoms in total. The fourth-order valence-electron chi connectivity index (χ4n) is 3.31. The second-order valence-corrected chi connectivity index (χ2v) is 7.08. The van der Waals surface area contributed by atoms with Crippen molar-refractivity contribution >= 4 is 23.2 Å². The molecule has 0 aromatic heterocycles. The van der Waals surface area contributed by atoms with Gasteiger partial charge in [0, 0.05) is 23.8 Å². The van der Waals surface area contributed by atoms with Crippen molar-refractivity contribution in [3.05, 3.63) is 59.1 Å². The van der Waals surface area contributed by atoms with Crippen LogP contribution in [-0.4, -0.2) is 30.5 Å². The van der Waals surface area contributed by atoms with Gasteiger partial charge in [-0.05, 0) is 68.3 Å². The minimum absolute atomic E-state index is 0.0163. The van der Waals surface area contributed by atoms with E-state index in [4.69, 9.17) is 16.3 Å². The molecular formula is C21H25ClN2O2. The van der Waals surface area contributed by atoms with Gasteiger partial charge in [-0.2, -0.15) is 0 Å². The summed E-state index contributed by atoms with van der Waals surface area (Å²) in [5.41, 5.74) is 2.04. The number of nitrogens with one attached hydrogen (secondary N) is 1. The SMILES string of the molecule is CCOc1ccc(NC(=O)[C@@H]2CCCN(Cc3ccc(Cl)cc3)C2)cc1. The van der Waals surface area contributed by atoms with Crippen LogP contribution in [0.25, 0.3) is 0 Å². The van der Waals surface area contributed by atoms with Gasteiger partial charge in [0.05, 0.1) is 12.5 Å². The molecule has 1 atom stereocenters. The average molecular weight is 373 g/mol. The van der Waals surface area contributed by atoms with E-state index in [-0.39, 0.29) is 11.8 Å². The highest BCUT2D eigenvalue weighted by Gasteiger charge is 2.25. The lowest BCUT2D eigenvalue weighted by molar-refractivity contribution is -0.121. The molecular weight excluding hydrogens is 348 g/mol. The molecule has 1 saturated heterocycles. The molecule has 1 N–H and O–H groups in total. The highest BCUT2D eigenvalue weighted by atomic mass is 35.5. The van der Waals surface area contributed by atoms with E-state index in [1.807, 2.05) is 55.5 Å². The molecule has 1 heterocycles. The second kappa shape index (κ2) is 9.06. The molecule has 0 spiro atoms. The number of nitrogens with zero attached hydrogens (tertiary/aromatic N) is 1. The highest BCUT2D eigenvalue weighted by Crippen LogP contribution is 2.22. The summed E-state index contributed by atoms with van der Waals surface area (Å²) >= 11 is 5.95. The van der Waals surface area contributed by atoms with Crippen molar-refractivity contribution < 1.29 is 9.53 Å². The van der Waals surface area contributed by atoms with Gasteiger partial charge in [0.2, 0.25) is 5.91 Å². The Morgan fingerprint density at radius 1 is 1.19 bits per heavy atom. The highest BCUT2D eigenvalue weighted by molar-refractivity contribution is 6.30. The first kappa shape index (κ1) is 18.7. The van der Waals surface area contributed by atoms with Crippen LogP contribution in [0.5, 0.6) is 5.75 Å². The summed E-state index contributed by atoms with van der Waals surface area (Å²) in [7, 11) is 0. The lowest BCUT2D eigenvalue weighted by Gasteiger charge is -2.32. The minimum atomic E-state index is 0.0163. The molecule has 5 heteroatoms. The van der Waals surface area contributed by atoms with Gasteiger partial charge in [-0.3, -0.25) is 9.69 Å². The molecule has 0 saturated carbocycles. The third-order valence-electron chi connectivity index (χ3n) is 4.63. The summed E-state index contributed by atoms with van der Waals surface area (Å²) < 4.78 is 5.43. The van der Waals surface area contributed by atoms with E-state index in [0.717, 1.165) is 48.9 Å². The van der Waals surface area contributed by atoms with Crippen molar-refractivity contribution in [2.75, 3.05) is 25.0 Å². The lowest BCUT2D eigenvalue weighted by atomic mass is 9.96. The van der Waals surface area contributed by atoms with Crippen LogP contribution in [0.4, 0.5) is 5.69 Å². The number of ether oxygens (including phenoxy) is 1. The Morgan fingerprint density at radius 2 is 1.92 bits per heavy atom. The zero-order valence-corrected chi connectivity index (χ0v) is 15.8. The Balaban J connectivity index is 1.54. The van der Waals surface area contributed by atoms with Gasteiger partial charge in [0.1, 0.15) is 5.75 Å². The molecule has 1 aliphatic heterocycles. The number of anilines is 1. The summed E-state index contributed by atoms with van der Waals surface area (Å²) in [6.45, 7) is 5.25. The normalized spacial score (nSPS) is 17.7. The van der Waals surface area contributed by atoms with Gasteiger partial charge in [-0.1, -0.05) is 23.7 Å². The van der Waals surface area contributed by atoms with Crippen LogP contribution < -0.4 is 10.1 Å². The van der Waals surface area contributed by atoms with Crippen LogP contribution in [0.3, 0.4) is 0 Å². The molecule has 1 aliphatic rings. The standard InChI is InChI=1S/C21H25ClN2O2/c1-2-26-20-11-9-19(10-12-20)23-21(25)17-4-3-13-24(15-17)14-16-5-7-18(22)8-6-16/h5-12,17H,2-4,13-15H2,1H3,(H,23,25)/t17-/m1/s1. The van der Waals surface area contributed by atoms with E-state index in [2.05, 4.69) is 10.2 Å². The molecule has 26 heavy (non-hydrogen) atoms. The molecule has 0 radical (unpaired) electrons. The average Bonchev–Trinajstić information content (AvgIpc) is 2.66. The van der Waals surface area contributed by atoms with E-state index in [1.165, 1.54) is 5.56 Å². The first-order valence-corrected chi connectivity index (χ1v) is 9.52. The molecule has 2 aromatic carbocycles. The third kappa shape index (κ3) is 5.23. The predicted molar refractivity (Wildman–Crippen MR) is 106 cm³/mol. The molecule has 1 amide bonds. The van der Waals surface area contributed by atoms with E-state index in [9.17, 15) is 4.79 Å². The summed E-state index contributed by atoms with van der Waals surface area (Å²) in [4.78, 5) is 15.0. The van der Waals surface area contributed by atoms with Crippen molar-refractivity contribution in [1.29, 1.82) is 0 Å². The number of carbonyl (C=O) groups excluding carboxylic acids is 1. The number of likely N-dealkylation sites (tertiary alicyclic amines) is 1. The number of benzene rings is 2. The third-order valence-corrected chi connectivity index (χ3v) is 4.88. The van der Waals surface area contributed by atoms with Crippen LogP contribution in [0.2, 0.25) is 5.02 Å². The maximum absolute atomic E-state index is 12.6. The zero-order valence-electron chi connectivity index (χ0n) is 15.1. The van der Waals surface area contributed by atoms with Gasteiger partial charge < -0.3 is 10.1 Å². The Bertz CT molecular complexity index is 716. The van der Waals surface area contributed by atoms with Crippen LogP contribution in [0.15, 0.2) is 48.5 Å². The summed E-state index contributed by atoms with van der Waals surface area (Å²) in [5, 5.41) is 3.78. The Labute approximate surface area is 160 Å². The monoisotopic (exact) mass is 372 g/mol.